The minimum atomic E-state index is 0.116. The van der Waals surface area contributed by atoms with Crippen molar-refractivity contribution in [1.29, 1.82) is 5.26 Å². The Labute approximate surface area is 113 Å². The summed E-state index contributed by atoms with van der Waals surface area (Å²) in [7, 11) is 0. The van der Waals surface area contributed by atoms with Gasteiger partial charge in [0.1, 0.15) is 0 Å². The summed E-state index contributed by atoms with van der Waals surface area (Å²) < 4.78 is 0. The lowest BCUT2D eigenvalue weighted by atomic mass is 9.97. The zero-order valence-corrected chi connectivity index (χ0v) is 11.4. The van der Waals surface area contributed by atoms with Crippen LogP contribution < -0.4 is 5.32 Å². The summed E-state index contributed by atoms with van der Waals surface area (Å²) in [6, 6.07) is 8.35. The Balaban J connectivity index is 2.31. The van der Waals surface area contributed by atoms with Crippen LogP contribution in [0.4, 0.5) is 0 Å². The quantitative estimate of drug-likeness (QED) is 0.911. The van der Waals surface area contributed by atoms with Crippen molar-refractivity contribution < 1.29 is 0 Å². The summed E-state index contributed by atoms with van der Waals surface area (Å²) in [6.07, 6.45) is 0.491. The third-order valence-electron chi connectivity index (χ3n) is 3.48. The van der Waals surface area contributed by atoms with Crippen LogP contribution in [-0.2, 0) is 0 Å². The number of halogens is 1. The maximum absolute atomic E-state index is 9.08. The van der Waals surface area contributed by atoms with Gasteiger partial charge < -0.3 is 5.32 Å². The monoisotopic (exact) mass is 263 g/mol. The molecule has 0 bridgehead atoms. The molecule has 4 heteroatoms. The molecule has 0 amide bonds. The molecular weight excluding hydrogens is 246 g/mol. The number of hydrogen-bond donors (Lipinski definition) is 1. The van der Waals surface area contributed by atoms with Crippen molar-refractivity contribution in [2.24, 2.45) is 0 Å². The number of piperazine rings is 1. The lowest BCUT2D eigenvalue weighted by Crippen LogP contribution is -2.45. The first-order chi connectivity index (χ1) is 8.74. The summed E-state index contributed by atoms with van der Waals surface area (Å²) in [5, 5.41) is 13.2. The van der Waals surface area contributed by atoms with Crippen molar-refractivity contribution in [1.82, 2.24) is 10.2 Å². The van der Waals surface area contributed by atoms with Crippen LogP contribution in [0.15, 0.2) is 18.2 Å². The summed E-state index contributed by atoms with van der Waals surface area (Å²) >= 11 is 6.33. The molecule has 1 fully saturated rings. The molecule has 1 saturated heterocycles. The van der Waals surface area contributed by atoms with Crippen molar-refractivity contribution in [2.75, 3.05) is 26.2 Å². The van der Waals surface area contributed by atoms with Crippen molar-refractivity contribution in [3.05, 3.63) is 34.3 Å². The van der Waals surface area contributed by atoms with Gasteiger partial charge in [-0.05, 0) is 24.1 Å². The number of nitrogens with one attached hydrogen (secondary N) is 1. The van der Waals surface area contributed by atoms with E-state index in [1.165, 1.54) is 5.56 Å². The molecule has 0 aliphatic carbocycles. The van der Waals surface area contributed by atoms with E-state index in [-0.39, 0.29) is 6.04 Å². The molecule has 0 spiro atoms. The van der Waals surface area contributed by atoms with E-state index in [4.69, 9.17) is 16.9 Å². The topological polar surface area (TPSA) is 39.1 Å². The minimum Gasteiger partial charge on any atom is -0.314 e. The highest BCUT2D eigenvalue weighted by molar-refractivity contribution is 6.31. The number of aryl methyl sites for hydroxylation is 1. The Hall–Kier alpha value is -1.08. The molecular formula is C14H18ClN3. The van der Waals surface area contributed by atoms with Gasteiger partial charge in [-0.2, -0.15) is 5.26 Å². The van der Waals surface area contributed by atoms with Gasteiger partial charge >= 0.3 is 0 Å². The molecule has 3 nitrogen and oxygen atoms in total. The lowest BCUT2D eigenvalue weighted by molar-refractivity contribution is 0.175. The van der Waals surface area contributed by atoms with Crippen molar-refractivity contribution in [2.45, 2.75) is 19.4 Å². The van der Waals surface area contributed by atoms with E-state index in [0.29, 0.717) is 6.42 Å². The SMILES string of the molecule is Cc1cccc(Cl)c1[C@@H](CC#N)N1CCNCC1. The highest BCUT2D eigenvalue weighted by atomic mass is 35.5. The van der Waals surface area contributed by atoms with Crippen LogP contribution in [0.3, 0.4) is 0 Å². The van der Waals surface area contributed by atoms with E-state index in [1.54, 1.807) is 0 Å². The first-order valence-corrected chi connectivity index (χ1v) is 6.68. The Morgan fingerprint density at radius 1 is 1.44 bits per heavy atom. The summed E-state index contributed by atoms with van der Waals surface area (Å²) in [4.78, 5) is 2.36. The van der Waals surface area contributed by atoms with E-state index in [9.17, 15) is 0 Å². The zero-order chi connectivity index (χ0) is 13.0. The van der Waals surface area contributed by atoms with Crippen LogP contribution in [0.5, 0.6) is 0 Å². The second-order valence-corrected chi connectivity index (χ2v) is 5.04. The van der Waals surface area contributed by atoms with Gasteiger partial charge in [-0.3, -0.25) is 4.90 Å². The maximum atomic E-state index is 9.08. The highest BCUT2D eigenvalue weighted by Gasteiger charge is 2.24. The van der Waals surface area contributed by atoms with Crippen LogP contribution in [0.1, 0.15) is 23.6 Å². The average Bonchev–Trinajstić information content (AvgIpc) is 2.38. The Morgan fingerprint density at radius 3 is 2.78 bits per heavy atom. The van der Waals surface area contributed by atoms with Gasteiger partial charge in [0.25, 0.3) is 0 Å². The number of benzene rings is 1. The molecule has 0 aromatic heterocycles. The fourth-order valence-electron chi connectivity index (χ4n) is 2.56. The number of nitriles is 1. The second kappa shape index (κ2) is 6.19. The van der Waals surface area contributed by atoms with Gasteiger partial charge in [-0.1, -0.05) is 23.7 Å². The van der Waals surface area contributed by atoms with E-state index in [2.05, 4.69) is 29.3 Å². The fourth-order valence-corrected chi connectivity index (χ4v) is 2.91. The normalized spacial score (nSPS) is 18.3. The standard InChI is InChI=1S/C14H18ClN3/c1-11-3-2-4-12(15)14(11)13(5-6-16)18-9-7-17-8-10-18/h2-4,13,17H,5,7-10H2,1H3/t13-/m1/s1. The van der Waals surface area contributed by atoms with Crippen molar-refractivity contribution in [3.8, 4) is 6.07 Å². The van der Waals surface area contributed by atoms with Crippen LogP contribution in [-0.4, -0.2) is 31.1 Å². The van der Waals surface area contributed by atoms with Gasteiger partial charge in [0.05, 0.1) is 12.5 Å². The number of nitrogens with zero attached hydrogens (tertiary/aromatic N) is 2. The van der Waals surface area contributed by atoms with Gasteiger partial charge in [-0.25, -0.2) is 0 Å². The molecule has 0 unspecified atom stereocenters. The predicted octanol–water partition coefficient (Wildman–Crippen LogP) is 2.51. The summed E-state index contributed by atoms with van der Waals surface area (Å²) in [5.41, 5.74) is 2.28. The lowest BCUT2D eigenvalue weighted by Gasteiger charge is -2.35. The zero-order valence-electron chi connectivity index (χ0n) is 10.6. The second-order valence-electron chi connectivity index (χ2n) is 4.63. The van der Waals surface area contributed by atoms with Crippen LogP contribution in [0.2, 0.25) is 5.02 Å². The Bertz CT molecular complexity index is 427. The van der Waals surface area contributed by atoms with Crippen LogP contribution >= 0.6 is 11.6 Å². The van der Waals surface area contributed by atoms with E-state index < -0.39 is 0 Å². The van der Waals surface area contributed by atoms with Gasteiger partial charge in [0.15, 0.2) is 0 Å². The molecule has 2 rings (SSSR count). The average molecular weight is 264 g/mol. The molecule has 1 heterocycles. The first-order valence-electron chi connectivity index (χ1n) is 6.30. The predicted molar refractivity (Wildman–Crippen MR) is 73.6 cm³/mol. The Kier molecular flexibility index (Phi) is 4.60. The molecule has 0 radical (unpaired) electrons. The minimum absolute atomic E-state index is 0.116. The Morgan fingerprint density at radius 2 is 2.17 bits per heavy atom. The molecule has 1 aliphatic rings. The molecule has 1 aliphatic heterocycles. The van der Waals surface area contributed by atoms with Crippen LogP contribution in [0.25, 0.3) is 0 Å². The maximum Gasteiger partial charge on any atom is 0.0641 e. The molecule has 96 valence electrons. The molecule has 1 atom stereocenters. The molecule has 1 N–H and O–H groups in total. The van der Waals surface area contributed by atoms with E-state index in [1.807, 2.05) is 12.1 Å². The van der Waals surface area contributed by atoms with Crippen LogP contribution in [0, 0.1) is 18.3 Å². The smallest absolute Gasteiger partial charge is 0.0641 e. The summed E-state index contributed by atoms with van der Waals surface area (Å²) in [5.74, 6) is 0. The number of hydrogen-bond acceptors (Lipinski definition) is 3. The summed E-state index contributed by atoms with van der Waals surface area (Å²) in [6.45, 7) is 5.96. The van der Waals surface area contributed by atoms with E-state index >= 15 is 0 Å². The fraction of sp³-hybridized carbons (Fsp3) is 0.500. The largest absolute Gasteiger partial charge is 0.314 e. The first kappa shape index (κ1) is 13.4. The van der Waals surface area contributed by atoms with E-state index in [0.717, 1.165) is 36.8 Å². The third-order valence-corrected chi connectivity index (χ3v) is 3.81. The molecule has 1 aromatic rings. The van der Waals surface area contributed by atoms with Gasteiger partial charge in [-0.15, -0.1) is 0 Å². The highest BCUT2D eigenvalue weighted by Crippen LogP contribution is 2.32. The van der Waals surface area contributed by atoms with Gasteiger partial charge in [0, 0.05) is 37.2 Å². The van der Waals surface area contributed by atoms with Crippen molar-refractivity contribution >= 4 is 11.6 Å². The van der Waals surface area contributed by atoms with Gasteiger partial charge in [0.2, 0.25) is 0 Å². The third kappa shape index (κ3) is 2.84. The van der Waals surface area contributed by atoms with Crippen molar-refractivity contribution in [3.63, 3.8) is 0 Å². The molecule has 1 aromatic carbocycles. The molecule has 0 saturated carbocycles. The molecule has 18 heavy (non-hydrogen) atoms. The number of rotatable bonds is 3.